The predicted octanol–water partition coefficient (Wildman–Crippen LogP) is 4.86. The number of rotatable bonds is 8. The van der Waals surface area contributed by atoms with Crippen LogP contribution in [0.2, 0.25) is 0 Å². The fourth-order valence-electron chi connectivity index (χ4n) is 3.23. The lowest BCUT2D eigenvalue weighted by atomic mass is 10.1. The normalized spacial score (nSPS) is 10.4. The molecule has 0 aliphatic carbocycles. The van der Waals surface area contributed by atoms with Gasteiger partial charge in [0.1, 0.15) is 12.4 Å². The van der Waals surface area contributed by atoms with Crippen LogP contribution in [0.1, 0.15) is 27.0 Å². The van der Waals surface area contributed by atoms with Gasteiger partial charge < -0.3 is 19.1 Å². The second-order valence-corrected chi connectivity index (χ2v) is 7.12. The third kappa shape index (κ3) is 5.11. The predicted molar refractivity (Wildman–Crippen MR) is 117 cm³/mol. The first-order valence-corrected chi connectivity index (χ1v) is 9.75. The highest BCUT2D eigenvalue weighted by molar-refractivity contribution is 5.94. The molecule has 0 bridgehead atoms. The van der Waals surface area contributed by atoms with E-state index in [9.17, 15) is 4.79 Å². The van der Waals surface area contributed by atoms with Crippen molar-refractivity contribution < 1.29 is 19.0 Å². The summed E-state index contributed by atoms with van der Waals surface area (Å²) in [6.07, 6.45) is 0. The molecule has 156 valence electrons. The number of carbonyl (C=O) groups excluding carboxylic acids is 1. The first-order valence-electron chi connectivity index (χ1n) is 9.75. The summed E-state index contributed by atoms with van der Waals surface area (Å²) in [5.41, 5.74) is 3.68. The SMILES string of the molecule is COc1ccc(C)cc1CN(C)C(=O)c1ccc(OCc2ccccc2)c(OC)c1. The Morgan fingerprint density at radius 3 is 2.27 bits per heavy atom. The Labute approximate surface area is 177 Å². The molecule has 0 aliphatic heterocycles. The lowest BCUT2D eigenvalue weighted by Gasteiger charge is -2.20. The third-order valence-corrected chi connectivity index (χ3v) is 4.84. The maximum absolute atomic E-state index is 13.0. The minimum Gasteiger partial charge on any atom is -0.496 e. The summed E-state index contributed by atoms with van der Waals surface area (Å²) in [4.78, 5) is 14.6. The molecule has 5 nitrogen and oxygen atoms in total. The molecule has 30 heavy (non-hydrogen) atoms. The van der Waals surface area contributed by atoms with Gasteiger partial charge in [-0.2, -0.15) is 0 Å². The summed E-state index contributed by atoms with van der Waals surface area (Å²) in [7, 11) is 4.98. The van der Waals surface area contributed by atoms with E-state index in [0.29, 0.717) is 30.2 Å². The number of nitrogens with zero attached hydrogens (tertiary/aromatic N) is 1. The first-order chi connectivity index (χ1) is 14.5. The molecule has 0 heterocycles. The molecule has 0 aromatic heterocycles. The van der Waals surface area contributed by atoms with E-state index >= 15 is 0 Å². The standard InChI is InChI=1S/C25H27NO4/c1-18-10-12-22(28-3)21(14-18)16-26(2)25(27)20-11-13-23(24(15-20)29-4)30-17-19-8-6-5-7-9-19/h5-15H,16-17H2,1-4H3. The molecule has 0 atom stereocenters. The van der Waals surface area contributed by atoms with E-state index in [1.807, 2.05) is 55.5 Å². The number of hydrogen-bond donors (Lipinski definition) is 0. The van der Waals surface area contributed by atoms with E-state index in [4.69, 9.17) is 14.2 Å². The number of aryl methyl sites for hydroxylation is 1. The van der Waals surface area contributed by atoms with Gasteiger partial charge in [-0.1, -0.05) is 48.0 Å². The van der Waals surface area contributed by atoms with Crippen LogP contribution in [0, 0.1) is 6.92 Å². The monoisotopic (exact) mass is 405 g/mol. The smallest absolute Gasteiger partial charge is 0.254 e. The van der Waals surface area contributed by atoms with Crippen molar-refractivity contribution in [2.24, 2.45) is 0 Å². The highest BCUT2D eigenvalue weighted by atomic mass is 16.5. The van der Waals surface area contributed by atoms with Crippen LogP contribution < -0.4 is 14.2 Å². The molecule has 3 aromatic carbocycles. The van der Waals surface area contributed by atoms with E-state index in [1.54, 1.807) is 44.4 Å². The van der Waals surface area contributed by atoms with Crippen molar-refractivity contribution in [2.75, 3.05) is 21.3 Å². The highest BCUT2D eigenvalue weighted by Crippen LogP contribution is 2.30. The number of hydrogen-bond acceptors (Lipinski definition) is 4. The Hall–Kier alpha value is -3.47. The second kappa shape index (κ2) is 9.83. The molecule has 0 N–H and O–H groups in total. The number of amides is 1. The quantitative estimate of drug-likeness (QED) is 0.537. The van der Waals surface area contributed by atoms with Gasteiger partial charge in [0.2, 0.25) is 0 Å². The summed E-state index contributed by atoms with van der Waals surface area (Å²) in [5, 5.41) is 0. The van der Waals surface area contributed by atoms with Gasteiger partial charge in [0, 0.05) is 24.7 Å². The molecular formula is C25H27NO4. The summed E-state index contributed by atoms with van der Waals surface area (Å²) in [6.45, 7) is 2.89. The van der Waals surface area contributed by atoms with Crippen LogP contribution in [0.15, 0.2) is 66.7 Å². The van der Waals surface area contributed by atoms with Crippen molar-refractivity contribution >= 4 is 5.91 Å². The topological polar surface area (TPSA) is 48.0 Å². The lowest BCUT2D eigenvalue weighted by molar-refractivity contribution is 0.0783. The number of benzene rings is 3. The van der Waals surface area contributed by atoms with Gasteiger partial charge in [-0.15, -0.1) is 0 Å². The summed E-state index contributed by atoms with van der Waals surface area (Å²) < 4.78 is 16.8. The van der Waals surface area contributed by atoms with Crippen molar-refractivity contribution in [1.29, 1.82) is 0 Å². The maximum Gasteiger partial charge on any atom is 0.254 e. The largest absolute Gasteiger partial charge is 0.496 e. The average Bonchev–Trinajstić information content (AvgIpc) is 2.78. The van der Waals surface area contributed by atoms with Crippen LogP contribution in [-0.4, -0.2) is 32.1 Å². The molecular weight excluding hydrogens is 378 g/mol. The Balaban J connectivity index is 1.73. The number of methoxy groups -OCH3 is 2. The van der Waals surface area contributed by atoms with Gasteiger partial charge in [0.25, 0.3) is 5.91 Å². The molecule has 5 heteroatoms. The van der Waals surface area contributed by atoms with Crippen molar-refractivity contribution in [3.05, 3.63) is 89.0 Å². The van der Waals surface area contributed by atoms with Crippen LogP contribution >= 0.6 is 0 Å². The number of ether oxygens (including phenoxy) is 3. The molecule has 3 rings (SSSR count). The van der Waals surface area contributed by atoms with E-state index in [2.05, 4.69) is 0 Å². The highest BCUT2D eigenvalue weighted by Gasteiger charge is 2.17. The van der Waals surface area contributed by atoms with Gasteiger partial charge in [0.15, 0.2) is 11.5 Å². The fraction of sp³-hybridized carbons (Fsp3) is 0.240. The number of carbonyl (C=O) groups is 1. The van der Waals surface area contributed by atoms with Gasteiger partial charge in [0.05, 0.1) is 14.2 Å². The molecule has 0 unspecified atom stereocenters. The Kier molecular flexibility index (Phi) is 6.96. The van der Waals surface area contributed by atoms with E-state index in [0.717, 1.165) is 22.4 Å². The summed E-state index contributed by atoms with van der Waals surface area (Å²) >= 11 is 0. The minimum absolute atomic E-state index is 0.105. The molecule has 1 amide bonds. The van der Waals surface area contributed by atoms with E-state index < -0.39 is 0 Å². The molecule has 0 aliphatic rings. The van der Waals surface area contributed by atoms with Gasteiger partial charge in [-0.05, 0) is 36.8 Å². The Bertz CT molecular complexity index is 1000. The Morgan fingerprint density at radius 1 is 0.867 bits per heavy atom. The summed E-state index contributed by atoms with van der Waals surface area (Å²) in [6, 6.07) is 21.1. The molecule has 0 radical (unpaired) electrons. The van der Waals surface area contributed by atoms with Gasteiger partial charge in [-0.25, -0.2) is 0 Å². The van der Waals surface area contributed by atoms with Crippen molar-refractivity contribution in [3.8, 4) is 17.2 Å². The molecule has 3 aromatic rings. The first kappa shape index (κ1) is 21.2. The van der Waals surface area contributed by atoms with Crippen molar-refractivity contribution in [1.82, 2.24) is 4.90 Å². The lowest BCUT2D eigenvalue weighted by Crippen LogP contribution is -2.26. The zero-order valence-electron chi connectivity index (χ0n) is 17.8. The Morgan fingerprint density at radius 2 is 1.57 bits per heavy atom. The van der Waals surface area contributed by atoms with Crippen LogP contribution in [-0.2, 0) is 13.2 Å². The van der Waals surface area contributed by atoms with Crippen molar-refractivity contribution in [2.45, 2.75) is 20.1 Å². The van der Waals surface area contributed by atoms with Crippen LogP contribution in [0.25, 0.3) is 0 Å². The third-order valence-electron chi connectivity index (χ3n) is 4.84. The summed E-state index contributed by atoms with van der Waals surface area (Å²) in [5.74, 6) is 1.79. The second-order valence-electron chi connectivity index (χ2n) is 7.12. The molecule has 0 saturated heterocycles. The van der Waals surface area contributed by atoms with Crippen LogP contribution in [0.5, 0.6) is 17.2 Å². The zero-order chi connectivity index (χ0) is 21.5. The van der Waals surface area contributed by atoms with Gasteiger partial charge >= 0.3 is 0 Å². The van der Waals surface area contributed by atoms with Gasteiger partial charge in [-0.3, -0.25) is 4.79 Å². The molecule has 0 saturated carbocycles. The van der Waals surface area contributed by atoms with E-state index in [1.165, 1.54) is 0 Å². The zero-order valence-corrected chi connectivity index (χ0v) is 17.8. The van der Waals surface area contributed by atoms with E-state index in [-0.39, 0.29) is 5.91 Å². The average molecular weight is 405 g/mol. The van der Waals surface area contributed by atoms with Crippen molar-refractivity contribution in [3.63, 3.8) is 0 Å². The van der Waals surface area contributed by atoms with Crippen LogP contribution in [0.3, 0.4) is 0 Å². The fourth-order valence-corrected chi connectivity index (χ4v) is 3.23. The maximum atomic E-state index is 13.0. The minimum atomic E-state index is -0.105. The molecule has 0 spiro atoms. The van der Waals surface area contributed by atoms with Crippen LogP contribution in [0.4, 0.5) is 0 Å². The molecule has 0 fully saturated rings.